The summed E-state index contributed by atoms with van der Waals surface area (Å²) in [6.07, 6.45) is 2.61. The molecule has 0 aromatic rings. The summed E-state index contributed by atoms with van der Waals surface area (Å²) >= 11 is 1.81. The Balaban J connectivity index is 2.75. The van der Waals surface area contributed by atoms with Gasteiger partial charge in [-0.1, -0.05) is 13.0 Å². The molecular weight excluding hydrogens is 210 g/mol. The van der Waals surface area contributed by atoms with Crippen LogP contribution in [0, 0.1) is 0 Å². The maximum Gasteiger partial charge on any atom is 0.327 e. The highest BCUT2D eigenvalue weighted by molar-refractivity contribution is 8.00. The lowest BCUT2D eigenvalue weighted by Gasteiger charge is -2.31. The van der Waals surface area contributed by atoms with Gasteiger partial charge in [-0.15, -0.1) is 6.58 Å². The number of rotatable bonds is 5. The minimum Gasteiger partial charge on any atom is -0.465 e. The van der Waals surface area contributed by atoms with E-state index in [9.17, 15) is 4.79 Å². The van der Waals surface area contributed by atoms with Gasteiger partial charge in [-0.05, 0) is 19.1 Å². The van der Waals surface area contributed by atoms with E-state index in [0.717, 1.165) is 12.2 Å². The predicted octanol–water partition coefficient (Wildman–Crippen LogP) is 1.59. The van der Waals surface area contributed by atoms with Gasteiger partial charge in [0.1, 0.15) is 5.54 Å². The molecule has 15 heavy (non-hydrogen) atoms. The zero-order valence-corrected chi connectivity index (χ0v) is 10.2. The number of esters is 1. The molecule has 1 aliphatic heterocycles. The van der Waals surface area contributed by atoms with E-state index in [-0.39, 0.29) is 11.2 Å². The van der Waals surface area contributed by atoms with Gasteiger partial charge in [0.2, 0.25) is 0 Å². The van der Waals surface area contributed by atoms with Crippen molar-refractivity contribution in [1.29, 1.82) is 0 Å². The number of carbonyl (C=O) groups excluding carboxylic acids is 1. The van der Waals surface area contributed by atoms with Crippen molar-refractivity contribution in [3.63, 3.8) is 0 Å². The average Bonchev–Trinajstić information content (AvgIpc) is 2.58. The molecule has 0 saturated carbocycles. The van der Waals surface area contributed by atoms with Crippen molar-refractivity contribution >= 4 is 17.7 Å². The van der Waals surface area contributed by atoms with Crippen molar-refractivity contribution in [2.75, 3.05) is 18.9 Å². The van der Waals surface area contributed by atoms with Gasteiger partial charge in [0, 0.05) is 11.8 Å². The molecule has 0 spiro atoms. The van der Waals surface area contributed by atoms with Crippen LogP contribution in [0.25, 0.3) is 0 Å². The molecule has 0 aromatic carbocycles. The Labute approximate surface area is 95.6 Å². The minimum absolute atomic E-state index is 0.121. The fraction of sp³-hybridized carbons (Fsp3) is 0.727. The average molecular weight is 229 g/mol. The van der Waals surface area contributed by atoms with E-state index in [4.69, 9.17) is 4.74 Å². The van der Waals surface area contributed by atoms with E-state index in [1.54, 1.807) is 6.08 Å². The number of hydrogen-bond donors (Lipinski definition) is 1. The molecule has 0 bridgehead atoms. The number of hydrogen-bond acceptors (Lipinski definition) is 4. The molecule has 1 saturated heterocycles. The fourth-order valence-electron chi connectivity index (χ4n) is 1.83. The van der Waals surface area contributed by atoms with E-state index < -0.39 is 5.54 Å². The Kier molecular flexibility index (Phi) is 4.67. The largest absolute Gasteiger partial charge is 0.465 e. The third-order valence-electron chi connectivity index (χ3n) is 2.76. The highest BCUT2D eigenvalue weighted by atomic mass is 32.2. The molecule has 1 fully saturated rings. The summed E-state index contributed by atoms with van der Waals surface area (Å²) in [4.78, 5) is 12.0. The second-order valence-electron chi connectivity index (χ2n) is 3.62. The summed E-state index contributed by atoms with van der Waals surface area (Å²) in [6, 6.07) is 0. The zero-order valence-electron chi connectivity index (χ0n) is 9.41. The first kappa shape index (κ1) is 12.6. The van der Waals surface area contributed by atoms with Gasteiger partial charge in [-0.25, -0.2) is 0 Å². The van der Waals surface area contributed by atoms with Crippen LogP contribution in [-0.4, -0.2) is 35.7 Å². The Morgan fingerprint density at radius 3 is 3.00 bits per heavy atom. The second kappa shape index (κ2) is 5.56. The summed E-state index contributed by atoms with van der Waals surface area (Å²) in [5, 5.41) is 3.53. The Morgan fingerprint density at radius 2 is 2.53 bits per heavy atom. The van der Waals surface area contributed by atoms with Gasteiger partial charge in [0.15, 0.2) is 0 Å². The van der Waals surface area contributed by atoms with Crippen molar-refractivity contribution in [1.82, 2.24) is 5.32 Å². The van der Waals surface area contributed by atoms with Crippen LogP contribution in [0.4, 0.5) is 0 Å². The van der Waals surface area contributed by atoms with Crippen LogP contribution in [0.1, 0.15) is 20.3 Å². The third-order valence-corrected chi connectivity index (χ3v) is 4.10. The number of nitrogens with one attached hydrogen (secondary N) is 1. The molecule has 1 N–H and O–H groups in total. The lowest BCUT2D eigenvalue weighted by Crippen LogP contribution is -2.56. The van der Waals surface area contributed by atoms with Crippen molar-refractivity contribution < 1.29 is 9.53 Å². The second-order valence-corrected chi connectivity index (χ2v) is 5.07. The SMILES string of the molecule is C=CCNC1(C(=O)OCC)CCSC1C. The zero-order chi connectivity index (χ0) is 11.3. The summed E-state index contributed by atoms with van der Waals surface area (Å²) in [5.41, 5.74) is -0.505. The topological polar surface area (TPSA) is 38.3 Å². The van der Waals surface area contributed by atoms with E-state index in [0.29, 0.717) is 13.2 Å². The van der Waals surface area contributed by atoms with Gasteiger partial charge in [-0.2, -0.15) is 11.8 Å². The molecule has 86 valence electrons. The molecular formula is C11H19NO2S. The van der Waals surface area contributed by atoms with E-state index in [2.05, 4.69) is 18.8 Å². The maximum atomic E-state index is 12.0. The molecule has 4 heteroatoms. The van der Waals surface area contributed by atoms with Crippen molar-refractivity contribution in [3.05, 3.63) is 12.7 Å². The smallest absolute Gasteiger partial charge is 0.327 e. The van der Waals surface area contributed by atoms with Crippen molar-refractivity contribution in [2.45, 2.75) is 31.1 Å². The van der Waals surface area contributed by atoms with E-state index in [1.807, 2.05) is 18.7 Å². The quantitative estimate of drug-likeness (QED) is 0.574. The van der Waals surface area contributed by atoms with Gasteiger partial charge >= 0.3 is 5.97 Å². The molecule has 2 atom stereocenters. The Morgan fingerprint density at radius 1 is 1.80 bits per heavy atom. The van der Waals surface area contributed by atoms with Crippen molar-refractivity contribution in [3.8, 4) is 0 Å². The van der Waals surface area contributed by atoms with Gasteiger partial charge in [0.05, 0.1) is 6.61 Å². The minimum atomic E-state index is -0.505. The van der Waals surface area contributed by atoms with E-state index in [1.165, 1.54) is 0 Å². The van der Waals surface area contributed by atoms with Gasteiger partial charge in [0.25, 0.3) is 0 Å². The first-order valence-corrected chi connectivity index (χ1v) is 6.37. The third kappa shape index (κ3) is 2.55. The molecule has 1 rings (SSSR count). The van der Waals surface area contributed by atoms with Crippen LogP contribution >= 0.6 is 11.8 Å². The standard InChI is InChI=1S/C11H19NO2S/c1-4-7-12-11(10(13)14-5-2)6-8-15-9(11)3/h4,9,12H,1,5-8H2,2-3H3. The van der Waals surface area contributed by atoms with Gasteiger partial charge < -0.3 is 4.74 Å². The fourth-order valence-corrected chi connectivity index (χ4v) is 3.20. The van der Waals surface area contributed by atoms with Crippen molar-refractivity contribution in [2.24, 2.45) is 0 Å². The van der Waals surface area contributed by atoms with Crippen LogP contribution in [-0.2, 0) is 9.53 Å². The summed E-state index contributed by atoms with van der Waals surface area (Å²) < 4.78 is 5.15. The van der Waals surface area contributed by atoms with Crippen LogP contribution in [0.3, 0.4) is 0 Å². The maximum absolute atomic E-state index is 12.0. The number of thioether (sulfide) groups is 1. The van der Waals surface area contributed by atoms with E-state index >= 15 is 0 Å². The van der Waals surface area contributed by atoms with Crippen LogP contribution < -0.4 is 5.32 Å². The predicted molar refractivity (Wildman–Crippen MR) is 64.1 cm³/mol. The molecule has 2 unspecified atom stereocenters. The Bertz CT molecular complexity index is 245. The molecule has 0 aromatic heterocycles. The molecule has 1 heterocycles. The summed E-state index contributed by atoms with van der Waals surface area (Å²) in [5.74, 6) is 0.883. The summed E-state index contributed by atoms with van der Waals surface area (Å²) in [7, 11) is 0. The van der Waals surface area contributed by atoms with Gasteiger partial charge in [-0.3, -0.25) is 10.1 Å². The first-order valence-electron chi connectivity index (χ1n) is 5.32. The molecule has 1 aliphatic rings. The lowest BCUT2D eigenvalue weighted by atomic mass is 9.92. The summed E-state index contributed by atoms with van der Waals surface area (Å²) in [6.45, 7) is 8.66. The monoisotopic (exact) mass is 229 g/mol. The molecule has 0 radical (unpaired) electrons. The lowest BCUT2D eigenvalue weighted by molar-refractivity contribution is -0.150. The highest BCUT2D eigenvalue weighted by Crippen LogP contribution is 2.36. The molecule has 0 aliphatic carbocycles. The normalized spacial score (nSPS) is 30.1. The molecule has 0 amide bonds. The van der Waals surface area contributed by atoms with Crippen LogP contribution in [0.2, 0.25) is 0 Å². The Hall–Kier alpha value is -0.480. The number of ether oxygens (including phenoxy) is 1. The molecule has 3 nitrogen and oxygen atoms in total. The highest BCUT2D eigenvalue weighted by Gasteiger charge is 2.48. The van der Waals surface area contributed by atoms with Crippen LogP contribution in [0.15, 0.2) is 12.7 Å². The first-order chi connectivity index (χ1) is 7.17. The van der Waals surface area contributed by atoms with Crippen LogP contribution in [0.5, 0.6) is 0 Å². The number of carbonyl (C=O) groups is 1.